The number of fused-ring (bicyclic) bond motifs is 1. The number of epoxide rings is 1. The Balaban J connectivity index is 1.81. The SMILES string of the molecule is CC[C@H]1OC(=O)[C@H](C)[C@@H](O[C@H]2C[C@@](C)(OC)[C@@H](O)[C@H](C)O2)[C@H](C)[C@@H](O[C@@H]2O[C@H](C)C3OC3[C@H]2O)[C@](C)(O)C[C@@H](C)C[N+](C)([O-])[C@H](C)[C@@H](O)[C@]1(C)O. The highest BCUT2D eigenvalue weighted by Crippen LogP contribution is 2.42. The lowest BCUT2D eigenvalue weighted by atomic mass is 9.77. The lowest BCUT2D eigenvalue weighted by Crippen LogP contribution is -2.63. The van der Waals surface area contributed by atoms with Crippen LogP contribution in [0.15, 0.2) is 0 Å². The fourth-order valence-electron chi connectivity index (χ4n) is 8.69. The summed E-state index contributed by atoms with van der Waals surface area (Å²) in [6, 6.07) is -1.04. The summed E-state index contributed by atoms with van der Waals surface area (Å²) >= 11 is 0. The maximum Gasteiger partial charge on any atom is 0.311 e. The average molecular weight is 736 g/mol. The number of aliphatic hydroxyl groups is 5. The topological polar surface area (TPSA) is 209 Å². The van der Waals surface area contributed by atoms with E-state index in [4.69, 9.17) is 33.2 Å². The summed E-state index contributed by atoms with van der Waals surface area (Å²) in [5.74, 6) is -3.12. The third kappa shape index (κ3) is 8.77. The molecule has 0 amide bonds. The number of ether oxygens (including phenoxy) is 7. The fraction of sp³-hybridized carbons (Fsp3) is 0.972. The van der Waals surface area contributed by atoms with Crippen molar-refractivity contribution in [3.63, 3.8) is 0 Å². The number of nitrogens with zero attached hydrogens (tertiary/aromatic N) is 1. The van der Waals surface area contributed by atoms with Gasteiger partial charge in [-0.25, -0.2) is 0 Å². The van der Waals surface area contributed by atoms with E-state index in [2.05, 4.69) is 0 Å². The van der Waals surface area contributed by atoms with Gasteiger partial charge >= 0.3 is 5.97 Å². The Labute approximate surface area is 302 Å². The Morgan fingerprint density at radius 3 is 2.12 bits per heavy atom. The molecule has 4 fully saturated rings. The number of carbonyl (C=O) groups excluding carboxylic acids is 1. The van der Waals surface area contributed by atoms with Crippen molar-refractivity contribution in [2.24, 2.45) is 17.8 Å². The lowest BCUT2D eigenvalue weighted by Gasteiger charge is -2.51. The maximum absolute atomic E-state index is 14.1. The number of carbonyl (C=O) groups is 1. The van der Waals surface area contributed by atoms with E-state index in [1.807, 2.05) is 13.8 Å². The third-order valence-corrected chi connectivity index (χ3v) is 12.2. The normalized spacial score (nSPS) is 54.8. The summed E-state index contributed by atoms with van der Waals surface area (Å²) in [6.45, 7) is 16.5. The van der Waals surface area contributed by atoms with Gasteiger partial charge in [-0.1, -0.05) is 20.8 Å². The van der Waals surface area contributed by atoms with Gasteiger partial charge in [0.15, 0.2) is 12.6 Å². The van der Waals surface area contributed by atoms with Crippen molar-refractivity contribution < 1.29 is 68.1 Å². The monoisotopic (exact) mass is 735 g/mol. The van der Waals surface area contributed by atoms with Gasteiger partial charge < -0.3 is 68.5 Å². The molecule has 15 heteroatoms. The number of likely N-dealkylation sites (N-methyl/N-ethyl adjacent to an activating group) is 1. The van der Waals surface area contributed by atoms with Gasteiger partial charge in [0.25, 0.3) is 0 Å². The van der Waals surface area contributed by atoms with Gasteiger partial charge in [0, 0.05) is 25.4 Å². The van der Waals surface area contributed by atoms with Gasteiger partial charge in [0.05, 0.1) is 55.1 Å². The highest BCUT2D eigenvalue weighted by atomic mass is 16.7. The summed E-state index contributed by atoms with van der Waals surface area (Å²) in [4.78, 5) is 14.1. The van der Waals surface area contributed by atoms with E-state index in [1.54, 1.807) is 41.5 Å². The first-order valence-corrected chi connectivity index (χ1v) is 18.5. The summed E-state index contributed by atoms with van der Waals surface area (Å²) in [5.41, 5.74) is -4.75. The van der Waals surface area contributed by atoms with Crippen molar-refractivity contribution >= 4 is 5.97 Å². The van der Waals surface area contributed by atoms with Crippen LogP contribution in [0.1, 0.15) is 88.5 Å². The molecule has 0 aromatic rings. The molecule has 0 saturated carbocycles. The summed E-state index contributed by atoms with van der Waals surface area (Å²) in [5, 5.41) is 71.5. The Morgan fingerprint density at radius 2 is 1.53 bits per heavy atom. The number of aliphatic hydroxyl groups excluding tert-OH is 3. The van der Waals surface area contributed by atoms with Crippen LogP contribution in [-0.2, 0) is 38.0 Å². The molecule has 0 aliphatic carbocycles. The number of rotatable bonds is 6. The lowest BCUT2D eigenvalue weighted by molar-refractivity contribution is -0.892. The second-order valence-electron chi connectivity index (χ2n) is 16.8. The van der Waals surface area contributed by atoms with Crippen LogP contribution in [0.25, 0.3) is 0 Å². The highest BCUT2D eigenvalue weighted by molar-refractivity contribution is 5.73. The fourth-order valence-corrected chi connectivity index (χ4v) is 8.69. The molecule has 4 rings (SSSR count). The van der Waals surface area contributed by atoms with Crippen LogP contribution in [0.2, 0.25) is 0 Å². The smallest absolute Gasteiger partial charge is 0.311 e. The largest absolute Gasteiger partial charge is 0.633 e. The minimum Gasteiger partial charge on any atom is -0.633 e. The molecule has 15 nitrogen and oxygen atoms in total. The molecular weight excluding hydrogens is 670 g/mol. The molecule has 5 N–H and O–H groups in total. The van der Waals surface area contributed by atoms with Crippen molar-refractivity contribution in [1.82, 2.24) is 0 Å². The predicted molar refractivity (Wildman–Crippen MR) is 183 cm³/mol. The van der Waals surface area contributed by atoms with Gasteiger partial charge in [-0.15, -0.1) is 0 Å². The minimum atomic E-state index is -2.00. The molecule has 4 saturated heterocycles. The molecule has 0 aromatic carbocycles. The number of hydrogen-bond donors (Lipinski definition) is 5. The standard InChI is InChI=1S/C36H65NO14/c1-13-23-36(10,43)29(39)20(5)37(11,44)16-17(2)14-34(8,42)31(51-33-25(38)28-27(50-28)21(6)47-33)18(3)26(19(4)32(41)48-23)49-24-15-35(9,45-12)30(40)22(7)46-24/h17-31,33,38-40,42-43H,13-16H2,1-12H3/t17-,18+,19-,20-,21-,22+,23-,24+,25-,26+,27?,28?,29-,30+,31-,33+,34-,35-,36-,37?/m1/s1. The average Bonchev–Trinajstić information content (AvgIpc) is 3.85. The van der Waals surface area contributed by atoms with Crippen LogP contribution in [0, 0.1) is 23.0 Å². The first kappa shape index (κ1) is 42.7. The van der Waals surface area contributed by atoms with E-state index in [0.29, 0.717) is 0 Å². The van der Waals surface area contributed by atoms with Gasteiger partial charge in [0.2, 0.25) is 0 Å². The Morgan fingerprint density at radius 1 is 0.902 bits per heavy atom. The van der Waals surface area contributed by atoms with Gasteiger partial charge in [0.1, 0.15) is 48.3 Å². The van der Waals surface area contributed by atoms with Crippen molar-refractivity contribution in [3.8, 4) is 0 Å². The maximum atomic E-state index is 14.1. The molecule has 298 valence electrons. The Bertz CT molecular complexity index is 1190. The van der Waals surface area contributed by atoms with Crippen LogP contribution in [0.5, 0.6) is 0 Å². The van der Waals surface area contributed by atoms with Gasteiger partial charge in [-0.2, -0.15) is 0 Å². The zero-order chi connectivity index (χ0) is 38.6. The van der Waals surface area contributed by atoms with E-state index < -0.39 is 119 Å². The van der Waals surface area contributed by atoms with E-state index in [9.17, 15) is 35.5 Å². The summed E-state index contributed by atoms with van der Waals surface area (Å²) in [7, 11) is 2.88. The molecule has 0 radical (unpaired) electrons. The highest BCUT2D eigenvalue weighted by Gasteiger charge is 2.58. The van der Waals surface area contributed by atoms with Crippen molar-refractivity contribution in [2.75, 3.05) is 20.7 Å². The summed E-state index contributed by atoms with van der Waals surface area (Å²) < 4.78 is 41.6. The Kier molecular flexibility index (Phi) is 13.1. The van der Waals surface area contributed by atoms with E-state index in [-0.39, 0.29) is 31.9 Å². The third-order valence-electron chi connectivity index (χ3n) is 12.2. The number of esters is 1. The van der Waals surface area contributed by atoms with Gasteiger partial charge in [-0.05, 0) is 61.3 Å². The minimum absolute atomic E-state index is 0.0340. The zero-order valence-electron chi connectivity index (χ0n) is 32.4. The van der Waals surface area contributed by atoms with E-state index in [0.717, 1.165) is 0 Å². The molecule has 4 aliphatic rings. The number of quaternary nitrogens is 1. The second kappa shape index (κ2) is 15.6. The molecule has 0 spiro atoms. The van der Waals surface area contributed by atoms with E-state index >= 15 is 0 Å². The molecule has 0 bridgehead atoms. The molecule has 4 heterocycles. The first-order valence-electron chi connectivity index (χ1n) is 18.5. The van der Waals surface area contributed by atoms with Gasteiger partial charge in [-0.3, -0.25) is 4.79 Å². The molecule has 51 heavy (non-hydrogen) atoms. The van der Waals surface area contributed by atoms with Crippen LogP contribution in [0.4, 0.5) is 0 Å². The molecule has 0 aromatic heterocycles. The van der Waals surface area contributed by atoms with Crippen molar-refractivity contribution in [1.29, 1.82) is 0 Å². The summed E-state index contributed by atoms with van der Waals surface area (Å²) in [6.07, 6.45) is -11.0. The Hall–Kier alpha value is -1.05. The van der Waals surface area contributed by atoms with Crippen molar-refractivity contribution in [3.05, 3.63) is 5.21 Å². The van der Waals surface area contributed by atoms with Crippen LogP contribution in [0.3, 0.4) is 0 Å². The molecular formula is C36H65NO14. The van der Waals surface area contributed by atoms with E-state index in [1.165, 1.54) is 28.0 Å². The number of hydroxylamine groups is 3. The van der Waals surface area contributed by atoms with Crippen LogP contribution >= 0.6 is 0 Å². The second-order valence-corrected chi connectivity index (χ2v) is 16.8. The molecule has 20 atom stereocenters. The van der Waals surface area contributed by atoms with Crippen LogP contribution in [-0.4, -0.2) is 153 Å². The number of methoxy groups -OCH3 is 1. The molecule has 3 unspecified atom stereocenters. The quantitative estimate of drug-likeness (QED) is 0.113. The predicted octanol–water partition coefficient (Wildman–Crippen LogP) is 1.36. The number of hydrogen-bond acceptors (Lipinski definition) is 14. The molecule has 4 aliphatic heterocycles. The first-order chi connectivity index (χ1) is 23.4. The zero-order valence-corrected chi connectivity index (χ0v) is 32.4. The van der Waals surface area contributed by atoms with Crippen molar-refractivity contribution in [2.45, 2.75) is 185 Å². The number of cyclic esters (lactones) is 1. The van der Waals surface area contributed by atoms with Crippen LogP contribution < -0.4 is 0 Å².